The van der Waals surface area contributed by atoms with E-state index >= 15 is 0 Å². The van der Waals surface area contributed by atoms with Gasteiger partial charge in [0.15, 0.2) is 0 Å². The molecule has 0 saturated heterocycles. The summed E-state index contributed by atoms with van der Waals surface area (Å²) in [5.41, 5.74) is 0.946. The molecule has 0 atom stereocenters. The van der Waals surface area contributed by atoms with Crippen molar-refractivity contribution >= 4 is 28.3 Å². The van der Waals surface area contributed by atoms with Crippen LogP contribution in [0.15, 0.2) is 60.7 Å². The van der Waals surface area contributed by atoms with Crippen LogP contribution in [0.5, 0.6) is 5.75 Å². The zero-order valence-electron chi connectivity index (χ0n) is 11.6. The number of halogens is 1. The Balaban J connectivity index is 1.75. The number of esters is 1. The van der Waals surface area contributed by atoms with Crippen molar-refractivity contribution in [2.75, 3.05) is 0 Å². The van der Waals surface area contributed by atoms with E-state index in [1.165, 1.54) is 18.2 Å². The zero-order valence-corrected chi connectivity index (χ0v) is 12.4. The monoisotopic (exact) mass is 312 g/mol. The first-order valence-electron chi connectivity index (χ1n) is 6.77. The van der Waals surface area contributed by atoms with Gasteiger partial charge in [0.25, 0.3) is 0 Å². The number of benzene rings is 3. The van der Waals surface area contributed by atoms with E-state index in [0.29, 0.717) is 5.02 Å². The van der Waals surface area contributed by atoms with Gasteiger partial charge in [-0.1, -0.05) is 48.0 Å². The van der Waals surface area contributed by atoms with Crippen molar-refractivity contribution in [3.63, 3.8) is 0 Å². The number of hydrogen-bond acceptors (Lipinski definition) is 3. The van der Waals surface area contributed by atoms with E-state index in [1.807, 2.05) is 42.5 Å². The van der Waals surface area contributed by atoms with Crippen LogP contribution in [-0.2, 0) is 11.3 Å². The highest BCUT2D eigenvalue weighted by Gasteiger charge is 2.13. The van der Waals surface area contributed by atoms with Gasteiger partial charge in [-0.25, -0.2) is 4.79 Å². The first kappa shape index (κ1) is 14.4. The molecular formula is C18H13ClO3. The highest BCUT2D eigenvalue weighted by atomic mass is 35.5. The number of carbonyl (C=O) groups is 1. The lowest BCUT2D eigenvalue weighted by molar-refractivity contribution is 0.0469. The van der Waals surface area contributed by atoms with Crippen LogP contribution in [0.3, 0.4) is 0 Å². The van der Waals surface area contributed by atoms with Crippen LogP contribution >= 0.6 is 11.6 Å². The van der Waals surface area contributed by atoms with E-state index in [4.69, 9.17) is 16.3 Å². The van der Waals surface area contributed by atoms with E-state index in [0.717, 1.165) is 16.3 Å². The summed E-state index contributed by atoms with van der Waals surface area (Å²) in [4.78, 5) is 12.0. The number of aromatic hydroxyl groups is 1. The molecule has 1 N–H and O–H groups in total. The number of phenols is 1. The van der Waals surface area contributed by atoms with Crippen molar-refractivity contribution in [1.29, 1.82) is 0 Å². The minimum Gasteiger partial charge on any atom is -0.507 e. The predicted octanol–water partition coefficient (Wildman–Crippen LogP) is 4.56. The third-order valence-corrected chi connectivity index (χ3v) is 3.60. The molecule has 0 spiro atoms. The largest absolute Gasteiger partial charge is 0.507 e. The number of ether oxygens (including phenoxy) is 1. The topological polar surface area (TPSA) is 46.5 Å². The molecule has 0 heterocycles. The fraction of sp³-hybridized carbons (Fsp3) is 0.0556. The Morgan fingerprint density at radius 3 is 2.59 bits per heavy atom. The normalized spacial score (nSPS) is 10.6. The third-order valence-electron chi connectivity index (χ3n) is 3.36. The second kappa shape index (κ2) is 6.08. The van der Waals surface area contributed by atoms with Crippen LogP contribution in [0, 0.1) is 0 Å². The van der Waals surface area contributed by atoms with Crippen LogP contribution in [0.2, 0.25) is 5.02 Å². The Hall–Kier alpha value is -2.52. The smallest absolute Gasteiger partial charge is 0.342 e. The molecule has 0 saturated carbocycles. The molecule has 22 heavy (non-hydrogen) atoms. The number of hydrogen-bond donors (Lipinski definition) is 1. The molecule has 0 aliphatic carbocycles. The van der Waals surface area contributed by atoms with Gasteiger partial charge in [-0.15, -0.1) is 0 Å². The molecule has 0 amide bonds. The van der Waals surface area contributed by atoms with E-state index in [9.17, 15) is 9.90 Å². The average molecular weight is 313 g/mol. The summed E-state index contributed by atoms with van der Waals surface area (Å²) in [5, 5.41) is 12.3. The quantitative estimate of drug-likeness (QED) is 0.721. The highest BCUT2D eigenvalue weighted by Crippen LogP contribution is 2.23. The molecule has 110 valence electrons. The number of fused-ring (bicyclic) bond motifs is 1. The fourth-order valence-corrected chi connectivity index (χ4v) is 2.40. The number of carbonyl (C=O) groups excluding carboxylic acids is 1. The first-order valence-corrected chi connectivity index (χ1v) is 7.14. The lowest BCUT2D eigenvalue weighted by atomic mass is 10.1. The molecule has 4 heteroatoms. The van der Waals surface area contributed by atoms with Gasteiger partial charge in [0.1, 0.15) is 17.9 Å². The van der Waals surface area contributed by atoms with Crippen LogP contribution in [0.4, 0.5) is 0 Å². The predicted molar refractivity (Wildman–Crippen MR) is 86.2 cm³/mol. The maximum Gasteiger partial charge on any atom is 0.342 e. The second-order valence-corrected chi connectivity index (χ2v) is 5.36. The van der Waals surface area contributed by atoms with E-state index in [-0.39, 0.29) is 17.9 Å². The third kappa shape index (κ3) is 3.05. The Morgan fingerprint density at radius 2 is 1.77 bits per heavy atom. The maximum absolute atomic E-state index is 12.0. The maximum atomic E-state index is 12.0. The molecule has 3 nitrogen and oxygen atoms in total. The summed E-state index contributed by atoms with van der Waals surface area (Å²) in [6.45, 7) is 0.135. The van der Waals surface area contributed by atoms with Gasteiger partial charge in [0.2, 0.25) is 0 Å². The Kier molecular flexibility index (Phi) is 3.98. The van der Waals surface area contributed by atoms with Crippen LogP contribution in [-0.4, -0.2) is 11.1 Å². The lowest BCUT2D eigenvalue weighted by Gasteiger charge is -2.08. The molecule has 0 unspecified atom stereocenters. The Bertz CT molecular complexity index is 843. The molecule has 3 aromatic rings. The molecule has 0 aliphatic heterocycles. The standard InChI is InChI=1S/C18H13ClO3/c19-15-7-8-17(20)16(10-15)18(21)22-11-12-5-6-13-3-1-2-4-14(13)9-12/h1-10,20H,11H2. The molecule has 0 bridgehead atoms. The van der Waals surface area contributed by atoms with Gasteiger partial charge < -0.3 is 9.84 Å². The van der Waals surface area contributed by atoms with Gasteiger partial charge in [-0.05, 0) is 40.6 Å². The van der Waals surface area contributed by atoms with Crippen molar-refractivity contribution in [3.05, 3.63) is 76.8 Å². The minimum atomic E-state index is -0.604. The average Bonchev–Trinajstić information content (AvgIpc) is 2.54. The molecule has 0 aromatic heterocycles. The van der Waals surface area contributed by atoms with E-state index in [2.05, 4.69) is 0 Å². The van der Waals surface area contributed by atoms with Crippen LogP contribution in [0.25, 0.3) is 10.8 Å². The summed E-state index contributed by atoms with van der Waals surface area (Å²) in [5.74, 6) is -0.749. The SMILES string of the molecule is O=C(OCc1ccc2ccccc2c1)c1cc(Cl)ccc1O. The summed E-state index contributed by atoms with van der Waals surface area (Å²) in [6.07, 6.45) is 0. The Labute approximate surface area is 132 Å². The summed E-state index contributed by atoms with van der Waals surface area (Å²) < 4.78 is 5.24. The van der Waals surface area contributed by atoms with Gasteiger partial charge in [0, 0.05) is 5.02 Å². The molecule has 3 rings (SSSR count). The minimum absolute atomic E-state index is 0.0632. The van der Waals surface area contributed by atoms with Gasteiger partial charge in [-0.2, -0.15) is 0 Å². The molecule has 0 aliphatic rings. The molecule has 3 aromatic carbocycles. The van der Waals surface area contributed by atoms with Crippen molar-refractivity contribution in [2.45, 2.75) is 6.61 Å². The van der Waals surface area contributed by atoms with Crippen molar-refractivity contribution in [3.8, 4) is 5.75 Å². The molecular weight excluding hydrogens is 300 g/mol. The number of phenolic OH excluding ortho intramolecular Hbond substituents is 1. The summed E-state index contributed by atoms with van der Waals surface area (Å²) >= 11 is 5.82. The van der Waals surface area contributed by atoms with Crippen LogP contribution in [0.1, 0.15) is 15.9 Å². The van der Waals surface area contributed by atoms with Crippen molar-refractivity contribution in [2.24, 2.45) is 0 Å². The summed E-state index contributed by atoms with van der Waals surface area (Å²) in [7, 11) is 0. The van der Waals surface area contributed by atoms with E-state index < -0.39 is 5.97 Å². The van der Waals surface area contributed by atoms with Crippen LogP contribution < -0.4 is 0 Å². The van der Waals surface area contributed by atoms with Crippen molar-refractivity contribution in [1.82, 2.24) is 0 Å². The zero-order chi connectivity index (χ0) is 15.5. The lowest BCUT2D eigenvalue weighted by Crippen LogP contribution is -2.05. The highest BCUT2D eigenvalue weighted by molar-refractivity contribution is 6.31. The molecule has 0 radical (unpaired) electrons. The fourth-order valence-electron chi connectivity index (χ4n) is 2.23. The van der Waals surface area contributed by atoms with Gasteiger partial charge in [-0.3, -0.25) is 0 Å². The summed E-state index contributed by atoms with van der Waals surface area (Å²) in [6, 6.07) is 18.1. The van der Waals surface area contributed by atoms with E-state index in [1.54, 1.807) is 0 Å². The first-order chi connectivity index (χ1) is 10.6. The second-order valence-electron chi connectivity index (χ2n) is 4.92. The Morgan fingerprint density at radius 1 is 1.00 bits per heavy atom. The number of rotatable bonds is 3. The van der Waals surface area contributed by atoms with Gasteiger partial charge in [0.05, 0.1) is 0 Å². The van der Waals surface area contributed by atoms with Gasteiger partial charge >= 0.3 is 5.97 Å². The van der Waals surface area contributed by atoms with Crippen molar-refractivity contribution < 1.29 is 14.6 Å². The molecule has 0 fully saturated rings.